The van der Waals surface area contributed by atoms with Crippen LogP contribution in [-0.4, -0.2) is 68.9 Å². The molecular weight excluding hydrogens is 243 g/mol. The van der Waals surface area contributed by atoms with Crippen LogP contribution in [0.2, 0.25) is 0 Å². The number of benzene rings is 1. The fourth-order valence-electron chi connectivity index (χ4n) is 0.838. The standard InChI is InChI=1S/C9H12.K.H2O4S.H/c1-8(2)9-6-4-3-5-7-9;;1-5(2,3)4;/h3-8H,1-2H3;;(H2,1,2,3,4);. The van der Waals surface area contributed by atoms with Crippen molar-refractivity contribution < 1.29 is 17.5 Å². The molecule has 1 aromatic rings. The molecular formula is C9H15KO4S. The normalized spacial score (nSPS) is 9.93. The molecule has 1 aromatic carbocycles. The Morgan fingerprint density at radius 1 is 1.07 bits per heavy atom. The summed E-state index contributed by atoms with van der Waals surface area (Å²) in [7, 11) is -4.67. The van der Waals surface area contributed by atoms with Gasteiger partial charge in [-0.25, -0.2) is 0 Å². The molecule has 6 heteroatoms. The summed E-state index contributed by atoms with van der Waals surface area (Å²) in [6.07, 6.45) is 0. The summed E-state index contributed by atoms with van der Waals surface area (Å²) in [6.45, 7) is 4.41. The SMILES string of the molecule is CC(C)c1ccccc1.O=S(=O)(O)O.[KH]. The summed E-state index contributed by atoms with van der Waals surface area (Å²) in [6, 6.07) is 10.5. The molecule has 0 unspecified atom stereocenters. The van der Waals surface area contributed by atoms with Crippen molar-refractivity contribution in [2.75, 3.05) is 0 Å². The van der Waals surface area contributed by atoms with Gasteiger partial charge < -0.3 is 0 Å². The molecule has 0 aromatic heterocycles. The summed E-state index contributed by atoms with van der Waals surface area (Å²) in [5.74, 6) is 0.659. The van der Waals surface area contributed by atoms with Crippen molar-refractivity contribution in [1.29, 1.82) is 0 Å². The van der Waals surface area contributed by atoms with Crippen LogP contribution in [0.1, 0.15) is 25.3 Å². The van der Waals surface area contributed by atoms with E-state index in [-0.39, 0.29) is 51.4 Å². The molecule has 0 bridgehead atoms. The first-order valence-electron chi connectivity index (χ1n) is 4.05. The van der Waals surface area contributed by atoms with Gasteiger partial charge in [0.1, 0.15) is 0 Å². The van der Waals surface area contributed by atoms with Gasteiger partial charge in [0.25, 0.3) is 0 Å². The van der Waals surface area contributed by atoms with Crippen LogP contribution in [0.15, 0.2) is 30.3 Å². The molecule has 0 fully saturated rings. The number of rotatable bonds is 1. The second-order valence-corrected chi connectivity index (χ2v) is 3.91. The topological polar surface area (TPSA) is 74.6 Å². The van der Waals surface area contributed by atoms with Gasteiger partial charge in [0.15, 0.2) is 0 Å². The molecule has 0 amide bonds. The monoisotopic (exact) mass is 258 g/mol. The zero-order valence-corrected chi connectivity index (χ0v) is 8.90. The zero-order chi connectivity index (χ0) is 11.2. The van der Waals surface area contributed by atoms with Gasteiger partial charge in [-0.15, -0.1) is 0 Å². The average Bonchev–Trinajstić information content (AvgIpc) is 2.03. The molecule has 0 aliphatic carbocycles. The quantitative estimate of drug-likeness (QED) is 0.591. The van der Waals surface area contributed by atoms with Crippen molar-refractivity contribution in [3.05, 3.63) is 35.9 Å². The first kappa shape index (κ1) is 18.1. The molecule has 4 nitrogen and oxygen atoms in total. The Labute approximate surface area is 133 Å². The van der Waals surface area contributed by atoms with E-state index in [1.807, 2.05) is 6.07 Å². The van der Waals surface area contributed by atoms with Crippen LogP contribution in [-0.2, 0) is 10.4 Å². The Morgan fingerprint density at radius 2 is 1.40 bits per heavy atom. The minimum absolute atomic E-state index is 0. The van der Waals surface area contributed by atoms with Gasteiger partial charge in [0.05, 0.1) is 0 Å². The number of hydrogen-bond donors (Lipinski definition) is 2. The third-order valence-electron chi connectivity index (χ3n) is 1.47. The van der Waals surface area contributed by atoms with Crippen LogP contribution in [0, 0.1) is 0 Å². The molecule has 0 heterocycles. The second-order valence-electron chi connectivity index (χ2n) is 3.01. The van der Waals surface area contributed by atoms with Crippen molar-refractivity contribution in [1.82, 2.24) is 0 Å². The third kappa shape index (κ3) is 14.7. The van der Waals surface area contributed by atoms with Gasteiger partial charge in [-0.3, -0.25) is 9.11 Å². The molecule has 2 N–H and O–H groups in total. The summed E-state index contributed by atoms with van der Waals surface area (Å²) in [5.41, 5.74) is 1.41. The van der Waals surface area contributed by atoms with E-state index in [1.54, 1.807) is 0 Å². The van der Waals surface area contributed by atoms with E-state index in [9.17, 15) is 0 Å². The van der Waals surface area contributed by atoms with E-state index >= 15 is 0 Å². The molecule has 82 valence electrons. The van der Waals surface area contributed by atoms with Gasteiger partial charge in [-0.05, 0) is 11.5 Å². The van der Waals surface area contributed by atoms with Crippen LogP contribution in [0.3, 0.4) is 0 Å². The molecule has 15 heavy (non-hydrogen) atoms. The minimum atomic E-state index is -4.67. The van der Waals surface area contributed by atoms with E-state index in [4.69, 9.17) is 17.5 Å². The van der Waals surface area contributed by atoms with E-state index in [0.29, 0.717) is 5.92 Å². The Balaban J connectivity index is 0. The Bertz CT molecular complexity index is 340. The first-order valence-corrected chi connectivity index (χ1v) is 5.45. The Morgan fingerprint density at radius 3 is 1.60 bits per heavy atom. The molecule has 0 saturated heterocycles. The van der Waals surface area contributed by atoms with E-state index in [2.05, 4.69) is 38.1 Å². The predicted octanol–water partition coefficient (Wildman–Crippen LogP) is 1.51. The summed E-state index contributed by atoms with van der Waals surface area (Å²) >= 11 is 0. The fraction of sp³-hybridized carbons (Fsp3) is 0.333. The maximum absolute atomic E-state index is 8.74. The predicted molar refractivity (Wildman–Crippen MR) is 61.9 cm³/mol. The van der Waals surface area contributed by atoms with Crippen LogP contribution >= 0.6 is 0 Å². The third-order valence-corrected chi connectivity index (χ3v) is 1.47. The average molecular weight is 258 g/mol. The van der Waals surface area contributed by atoms with Crippen LogP contribution in [0.4, 0.5) is 0 Å². The maximum atomic E-state index is 8.74. The Kier molecular flexibility index (Phi) is 10.7. The van der Waals surface area contributed by atoms with E-state index < -0.39 is 10.4 Å². The van der Waals surface area contributed by atoms with E-state index in [1.165, 1.54) is 5.56 Å². The van der Waals surface area contributed by atoms with Gasteiger partial charge in [0.2, 0.25) is 0 Å². The zero-order valence-electron chi connectivity index (χ0n) is 8.08. The molecule has 0 radical (unpaired) electrons. The van der Waals surface area contributed by atoms with Gasteiger partial charge in [-0.1, -0.05) is 44.2 Å². The van der Waals surface area contributed by atoms with Crippen molar-refractivity contribution in [3.63, 3.8) is 0 Å². The van der Waals surface area contributed by atoms with Crippen LogP contribution < -0.4 is 0 Å². The molecule has 0 aliphatic rings. The van der Waals surface area contributed by atoms with Gasteiger partial charge in [-0.2, -0.15) is 8.42 Å². The van der Waals surface area contributed by atoms with Crippen molar-refractivity contribution in [2.45, 2.75) is 19.8 Å². The van der Waals surface area contributed by atoms with Gasteiger partial charge in [0, 0.05) is 0 Å². The molecule has 0 atom stereocenters. The van der Waals surface area contributed by atoms with Crippen molar-refractivity contribution in [2.24, 2.45) is 0 Å². The second kappa shape index (κ2) is 8.83. The van der Waals surface area contributed by atoms with Crippen molar-refractivity contribution >= 4 is 61.8 Å². The number of hydrogen-bond acceptors (Lipinski definition) is 2. The summed E-state index contributed by atoms with van der Waals surface area (Å²) in [4.78, 5) is 0. The first-order chi connectivity index (χ1) is 6.30. The van der Waals surface area contributed by atoms with Crippen LogP contribution in [0.5, 0.6) is 0 Å². The molecule has 0 spiro atoms. The van der Waals surface area contributed by atoms with Crippen LogP contribution in [0.25, 0.3) is 0 Å². The Hall–Kier alpha value is 0.726. The summed E-state index contributed by atoms with van der Waals surface area (Å²) in [5, 5.41) is 0. The van der Waals surface area contributed by atoms with Gasteiger partial charge >= 0.3 is 61.8 Å². The molecule has 0 saturated carbocycles. The van der Waals surface area contributed by atoms with E-state index in [0.717, 1.165) is 0 Å². The fourth-order valence-corrected chi connectivity index (χ4v) is 0.838. The molecule has 1 rings (SSSR count). The molecule has 0 aliphatic heterocycles. The summed E-state index contributed by atoms with van der Waals surface area (Å²) < 4.78 is 31.6. The van der Waals surface area contributed by atoms with Crippen molar-refractivity contribution in [3.8, 4) is 0 Å².